The first kappa shape index (κ1) is 10.7. The van der Waals surface area contributed by atoms with Gasteiger partial charge in [-0.1, -0.05) is 0 Å². The van der Waals surface area contributed by atoms with Crippen LogP contribution >= 0.6 is 11.8 Å². The lowest BCUT2D eigenvalue weighted by atomic mass is 10.2. The van der Waals surface area contributed by atoms with E-state index < -0.39 is 0 Å². The van der Waals surface area contributed by atoms with Crippen molar-refractivity contribution in [2.24, 2.45) is 0 Å². The highest BCUT2D eigenvalue weighted by molar-refractivity contribution is 7.99. The summed E-state index contributed by atoms with van der Waals surface area (Å²) in [5.74, 6) is 0. The Hall–Kier alpha value is -1.80. The van der Waals surface area contributed by atoms with Crippen LogP contribution in [0.3, 0.4) is 0 Å². The molecule has 0 saturated heterocycles. The zero-order valence-electron chi connectivity index (χ0n) is 8.89. The molecule has 0 bridgehead atoms. The molecule has 2 aromatic heterocycles. The summed E-state index contributed by atoms with van der Waals surface area (Å²) in [6, 6.07) is 5.56. The van der Waals surface area contributed by atoms with Gasteiger partial charge in [0, 0.05) is 5.69 Å². The molecule has 0 spiro atoms. The lowest BCUT2D eigenvalue weighted by Gasteiger charge is -1.99. The van der Waals surface area contributed by atoms with E-state index in [4.69, 9.17) is 9.68 Å². The van der Waals surface area contributed by atoms with Crippen molar-refractivity contribution >= 4 is 11.8 Å². The van der Waals surface area contributed by atoms with Crippen LogP contribution in [-0.2, 0) is 0 Å². The number of oxazole rings is 1. The van der Waals surface area contributed by atoms with E-state index in [0.29, 0.717) is 10.8 Å². The van der Waals surface area contributed by atoms with E-state index in [2.05, 4.69) is 16.0 Å². The first-order valence-corrected chi connectivity index (χ1v) is 5.48. The summed E-state index contributed by atoms with van der Waals surface area (Å²) in [4.78, 5) is 8.46. The number of aryl methyl sites for hydroxylation is 2. The van der Waals surface area contributed by atoms with Gasteiger partial charge in [-0.2, -0.15) is 5.26 Å². The van der Waals surface area contributed by atoms with Crippen LogP contribution in [-0.4, -0.2) is 9.97 Å². The maximum Gasteiger partial charge on any atom is 0.262 e. The third-order valence-electron chi connectivity index (χ3n) is 1.85. The number of hydrogen-bond donors (Lipinski definition) is 0. The molecule has 0 aromatic carbocycles. The van der Waals surface area contributed by atoms with Crippen LogP contribution in [0.4, 0.5) is 0 Å². The third-order valence-corrected chi connectivity index (χ3v) is 2.63. The fourth-order valence-electron chi connectivity index (χ4n) is 1.22. The largest absolute Gasteiger partial charge is 0.439 e. The first-order chi connectivity index (χ1) is 7.67. The van der Waals surface area contributed by atoms with Gasteiger partial charge in [0.1, 0.15) is 11.3 Å². The Morgan fingerprint density at radius 2 is 2.06 bits per heavy atom. The van der Waals surface area contributed by atoms with Crippen LogP contribution in [0.1, 0.15) is 17.0 Å². The molecule has 0 fully saturated rings. The topological polar surface area (TPSA) is 62.7 Å². The normalized spacial score (nSPS) is 10.1. The molecule has 0 radical (unpaired) electrons. The lowest BCUT2D eigenvalue weighted by Crippen LogP contribution is -1.87. The standard InChI is InChI=1S/C11H9N3OS/c1-7-3-9(5-12)4-10(13-7)16-11-14-8(2)6-15-11/h3-4,6H,1-2H3. The fourth-order valence-corrected chi connectivity index (χ4v) is 2.06. The van der Waals surface area contributed by atoms with Crippen molar-refractivity contribution in [2.75, 3.05) is 0 Å². The summed E-state index contributed by atoms with van der Waals surface area (Å²) in [5.41, 5.74) is 2.23. The minimum atomic E-state index is 0.541. The van der Waals surface area contributed by atoms with Crippen molar-refractivity contribution in [3.05, 3.63) is 35.3 Å². The highest BCUT2D eigenvalue weighted by Gasteiger charge is 2.06. The Morgan fingerprint density at radius 1 is 1.25 bits per heavy atom. The van der Waals surface area contributed by atoms with Crippen molar-refractivity contribution in [3.8, 4) is 6.07 Å². The van der Waals surface area contributed by atoms with Crippen LogP contribution in [0.15, 0.2) is 33.1 Å². The molecule has 0 aliphatic carbocycles. The van der Waals surface area contributed by atoms with Gasteiger partial charge in [-0.25, -0.2) is 9.97 Å². The van der Waals surface area contributed by atoms with Gasteiger partial charge in [0.2, 0.25) is 0 Å². The molecule has 0 aliphatic rings. The van der Waals surface area contributed by atoms with E-state index >= 15 is 0 Å². The highest BCUT2D eigenvalue weighted by atomic mass is 32.2. The maximum atomic E-state index is 8.83. The third kappa shape index (κ3) is 2.41. The number of hydrogen-bond acceptors (Lipinski definition) is 5. The second kappa shape index (κ2) is 4.37. The van der Waals surface area contributed by atoms with E-state index in [0.717, 1.165) is 16.4 Å². The van der Waals surface area contributed by atoms with Crippen molar-refractivity contribution in [1.29, 1.82) is 5.26 Å². The van der Waals surface area contributed by atoms with E-state index in [1.807, 2.05) is 13.8 Å². The molecule has 0 amide bonds. The number of nitrogens with zero attached hydrogens (tertiary/aromatic N) is 3. The predicted octanol–water partition coefficient (Wildman–Crippen LogP) is 2.71. The summed E-state index contributed by atoms with van der Waals surface area (Å²) in [6.45, 7) is 3.71. The van der Waals surface area contributed by atoms with Gasteiger partial charge in [0.25, 0.3) is 5.22 Å². The number of pyridine rings is 1. The average Bonchev–Trinajstić information content (AvgIpc) is 2.63. The van der Waals surface area contributed by atoms with E-state index in [9.17, 15) is 0 Å². The summed E-state index contributed by atoms with van der Waals surface area (Å²) >= 11 is 1.31. The van der Waals surface area contributed by atoms with Crippen molar-refractivity contribution in [3.63, 3.8) is 0 Å². The van der Waals surface area contributed by atoms with Crippen LogP contribution in [0.2, 0.25) is 0 Å². The van der Waals surface area contributed by atoms with Gasteiger partial charge in [-0.15, -0.1) is 0 Å². The minimum Gasteiger partial charge on any atom is -0.439 e. The molecule has 0 unspecified atom stereocenters. The molecule has 0 saturated carbocycles. The molecule has 4 nitrogen and oxygen atoms in total. The summed E-state index contributed by atoms with van der Waals surface area (Å²) in [7, 11) is 0. The Balaban J connectivity index is 2.28. The lowest BCUT2D eigenvalue weighted by molar-refractivity contribution is 0.454. The monoisotopic (exact) mass is 231 g/mol. The summed E-state index contributed by atoms with van der Waals surface area (Å²) in [5, 5.41) is 10.1. The number of nitriles is 1. The molecule has 16 heavy (non-hydrogen) atoms. The fraction of sp³-hybridized carbons (Fsp3) is 0.182. The van der Waals surface area contributed by atoms with Gasteiger partial charge in [-0.05, 0) is 37.7 Å². The SMILES string of the molecule is Cc1cc(C#N)cc(Sc2nc(C)co2)n1. The molecule has 80 valence electrons. The van der Waals surface area contributed by atoms with Gasteiger partial charge < -0.3 is 4.42 Å². The van der Waals surface area contributed by atoms with Gasteiger partial charge in [-0.3, -0.25) is 0 Å². The van der Waals surface area contributed by atoms with Crippen molar-refractivity contribution in [2.45, 2.75) is 24.1 Å². The van der Waals surface area contributed by atoms with Gasteiger partial charge in [0.05, 0.1) is 17.3 Å². The predicted molar refractivity (Wildman–Crippen MR) is 59.1 cm³/mol. The smallest absolute Gasteiger partial charge is 0.262 e. The zero-order valence-corrected chi connectivity index (χ0v) is 9.71. The summed E-state index contributed by atoms with van der Waals surface area (Å²) < 4.78 is 5.21. The number of rotatable bonds is 2. The molecule has 0 N–H and O–H groups in total. The highest BCUT2D eigenvalue weighted by Crippen LogP contribution is 2.26. The first-order valence-electron chi connectivity index (χ1n) is 4.66. The molecule has 0 atom stereocenters. The molecule has 2 aromatic rings. The molecular weight excluding hydrogens is 222 g/mol. The Morgan fingerprint density at radius 3 is 2.69 bits per heavy atom. The molecular formula is C11H9N3OS. The van der Waals surface area contributed by atoms with Gasteiger partial charge in [0.15, 0.2) is 0 Å². The molecule has 2 rings (SSSR count). The second-order valence-electron chi connectivity index (χ2n) is 3.30. The van der Waals surface area contributed by atoms with Crippen LogP contribution in [0.25, 0.3) is 0 Å². The van der Waals surface area contributed by atoms with Crippen molar-refractivity contribution < 1.29 is 4.42 Å². The van der Waals surface area contributed by atoms with Gasteiger partial charge >= 0.3 is 0 Å². The van der Waals surface area contributed by atoms with Crippen molar-refractivity contribution in [1.82, 2.24) is 9.97 Å². The second-order valence-corrected chi connectivity index (χ2v) is 4.28. The van der Waals surface area contributed by atoms with E-state index in [-0.39, 0.29) is 0 Å². The summed E-state index contributed by atoms with van der Waals surface area (Å²) in [6.07, 6.45) is 1.59. The quantitative estimate of drug-likeness (QED) is 0.795. The van der Waals surface area contributed by atoms with Crippen LogP contribution in [0.5, 0.6) is 0 Å². The average molecular weight is 231 g/mol. The maximum absolute atomic E-state index is 8.83. The molecule has 2 heterocycles. The molecule has 5 heteroatoms. The Labute approximate surface area is 97.3 Å². The zero-order chi connectivity index (χ0) is 11.5. The Kier molecular flexibility index (Phi) is 2.93. The van der Waals surface area contributed by atoms with Crippen LogP contribution in [0, 0.1) is 25.2 Å². The van der Waals surface area contributed by atoms with Crippen LogP contribution < -0.4 is 0 Å². The number of aromatic nitrogens is 2. The minimum absolute atomic E-state index is 0.541. The van der Waals surface area contributed by atoms with E-state index in [1.54, 1.807) is 18.4 Å². The Bertz CT molecular complexity index is 557. The van der Waals surface area contributed by atoms with E-state index in [1.165, 1.54) is 11.8 Å². The molecule has 0 aliphatic heterocycles.